The SMILES string of the molecule is [2H]N(C(=O)n1nc(OCCC)n(C)c1=O)S(=O)(=O)c1ccccc1C(=O)OC. The van der Waals surface area contributed by atoms with Gasteiger partial charge in [-0.05, 0) is 18.6 Å². The smallest absolute Gasteiger partial charge is 0.360 e. The quantitative estimate of drug-likeness (QED) is 0.675. The monoisotopic (exact) mass is 399 g/mol. The van der Waals surface area contributed by atoms with E-state index in [0.717, 1.165) is 17.7 Å². The van der Waals surface area contributed by atoms with E-state index in [4.69, 9.17) is 6.15 Å². The van der Waals surface area contributed by atoms with E-state index >= 15 is 0 Å². The molecule has 27 heavy (non-hydrogen) atoms. The second kappa shape index (κ2) is 8.03. The van der Waals surface area contributed by atoms with Crippen molar-refractivity contribution in [2.75, 3.05) is 13.7 Å². The molecule has 0 fully saturated rings. The number of hydrogen-bond acceptors (Lipinski definition) is 8. The maximum atomic E-state index is 12.7. The van der Waals surface area contributed by atoms with E-state index in [1.165, 1.54) is 25.2 Å². The Morgan fingerprint density at radius 2 is 2.00 bits per heavy atom. The molecular weight excluding hydrogens is 380 g/mol. The fraction of sp³-hybridized carbons (Fsp3) is 0.333. The van der Waals surface area contributed by atoms with Crippen molar-refractivity contribution in [3.63, 3.8) is 0 Å². The van der Waals surface area contributed by atoms with Gasteiger partial charge in [0, 0.05) is 7.05 Å². The summed E-state index contributed by atoms with van der Waals surface area (Å²) in [6.07, 6.45) is 0.609. The van der Waals surface area contributed by atoms with Crippen molar-refractivity contribution in [1.29, 1.82) is 0 Å². The van der Waals surface area contributed by atoms with Crippen LogP contribution >= 0.6 is 0 Å². The molecule has 1 N–H and O–H groups in total. The molecule has 0 aliphatic heterocycles. The van der Waals surface area contributed by atoms with Crippen LogP contribution in [0.15, 0.2) is 34.0 Å². The van der Waals surface area contributed by atoms with E-state index in [-0.39, 0.29) is 22.9 Å². The van der Waals surface area contributed by atoms with Crippen LogP contribution < -0.4 is 15.1 Å². The summed E-state index contributed by atoms with van der Waals surface area (Å²) in [7, 11) is -2.48. The number of sulfonamides is 1. The average Bonchev–Trinajstić information content (AvgIpc) is 2.98. The molecule has 2 aromatic rings. The number of aromatic nitrogens is 3. The van der Waals surface area contributed by atoms with Crippen LogP contribution in [-0.2, 0) is 21.8 Å². The van der Waals surface area contributed by atoms with Gasteiger partial charge in [0.15, 0.2) is 1.41 Å². The number of hydrogen-bond donors (Lipinski definition) is 1. The molecule has 0 saturated carbocycles. The van der Waals surface area contributed by atoms with Gasteiger partial charge in [-0.15, -0.1) is 9.78 Å². The second-order valence-corrected chi connectivity index (χ2v) is 6.79. The van der Waals surface area contributed by atoms with Crippen molar-refractivity contribution in [3.8, 4) is 6.01 Å². The first-order valence-electron chi connectivity index (χ1n) is 8.16. The van der Waals surface area contributed by atoms with E-state index in [2.05, 4.69) is 9.84 Å². The number of benzene rings is 1. The van der Waals surface area contributed by atoms with Crippen molar-refractivity contribution >= 4 is 22.0 Å². The molecular formula is C15H18N4O7S. The first-order valence-corrected chi connectivity index (χ1v) is 9.15. The van der Waals surface area contributed by atoms with Crippen LogP contribution in [0.3, 0.4) is 0 Å². The lowest BCUT2D eigenvalue weighted by Crippen LogP contribution is -2.40. The summed E-state index contributed by atoms with van der Waals surface area (Å²) >= 11 is 0. The van der Waals surface area contributed by atoms with E-state index in [0.29, 0.717) is 6.42 Å². The van der Waals surface area contributed by atoms with Crippen LogP contribution in [0.2, 0.25) is 1.41 Å². The number of esters is 1. The Balaban J connectivity index is 2.46. The minimum Gasteiger partial charge on any atom is -0.465 e. The van der Waals surface area contributed by atoms with Crippen LogP contribution in [0.4, 0.5) is 4.79 Å². The third-order valence-electron chi connectivity index (χ3n) is 3.33. The summed E-state index contributed by atoms with van der Waals surface area (Å²) in [4.78, 5) is 35.8. The van der Waals surface area contributed by atoms with Crippen LogP contribution in [0, 0.1) is 0 Å². The molecule has 0 unspecified atom stereocenters. The molecule has 1 aromatic carbocycles. The van der Waals surface area contributed by atoms with Gasteiger partial charge >= 0.3 is 23.7 Å². The molecule has 11 nitrogen and oxygen atoms in total. The van der Waals surface area contributed by atoms with Crippen molar-refractivity contribution < 1.29 is 28.9 Å². The van der Waals surface area contributed by atoms with E-state index in [1.807, 2.05) is 6.92 Å². The number of rotatable bonds is 6. The normalized spacial score (nSPS) is 11.6. The Morgan fingerprint density at radius 3 is 2.63 bits per heavy atom. The maximum absolute atomic E-state index is 12.7. The van der Waals surface area contributed by atoms with Gasteiger partial charge in [-0.3, -0.25) is 0 Å². The number of nitrogens with zero attached hydrogens (tertiary/aromatic N) is 3. The molecule has 1 aromatic heterocycles. The van der Waals surface area contributed by atoms with Gasteiger partial charge in [-0.2, -0.15) is 0 Å². The van der Waals surface area contributed by atoms with Gasteiger partial charge in [-0.25, -0.2) is 32.1 Å². The molecule has 0 saturated heterocycles. The fourth-order valence-corrected chi connectivity index (χ4v) is 3.08. The van der Waals surface area contributed by atoms with Crippen molar-refractivity contribution in [3.05, 3.63) is 40.3 Å². The highest BCUT2D eigenvalue weighted by Crippen LogP contribution is 2.16. The van der Waals surface area contributed by atoms with Gasteiger partial charge in [0.2, 0.25) is 0 Å². The van der Waals surface area contributed by atoms with Crippen LogP contribution in [0.1, 0.15) is 23.7 Å². The van der Waals surface area contributed by atoms with Crippen molar-refractivity contribution in [1.82, 2.24) is 19.1 Å². The minimum absolute atomic E-state index is 0.191. The zero-order valence-corrected chi connectivity index (χ0v) is 15.6. The van der Waals surface area contributed by atoms with Gasteiger partial charge in [0.25, 0.3) is 10.0 Å². The van der Waals surface area contributed by atoms with E-state index < -0.39 is 37.3 Å². The van der Waals surface area contributed by atoms with Gasteiger partial charge in [-0.1, -0.05) is 19.1 Å². The highest BCUT2D eigenvalue weighted by molar-refractivity contribution is 7.90. The molecule has 0 radical (unpaired) electrons. The van der Waals surface area contributed by atoms with Crippen molar-refractivity contribution in [2.24, 2.45) is 7.05 Å². The van der Waals surface area contributed by atoms with E-state index in [9.17, 15) is 22.8 Å². The third-order valence-corrected chi connectivity index (χ3v) is 4.63. The largest absolute Gasteiger partial charge is 0.465 e. The molecule has 0 spiro atoms. The summed E-state index contributed by atoms with van der Waals surface area (Å²) < 4.78 is 43.5. The van der Waals surface area contributed by atoms with Crippen molar-refractivity contribution in [2.45, 2.75) is 18.2 Å². The zero-order valence-electron chi connectivity index (χ0n) is 15.8. The van der Waals surface area contributed by atoms with Gasteiger partial charge in [0.05, 0.1) is 19.3 Å². The number of ether oxygens (including phenoxy) is 2. The highest BCUT2D eigenvalue weighted by Gasteiger charge is 2.27. The third kappa shape index (κ3) is 4.16. The topological polar surface area (TPSA) is 139 Å². The van der Waals surface area contributed by atoms with Gasteiger partial charge < -0.3 is 9.47 Å². The number of carbonyl (C=O) groups excluding carboxylic acids is 2. The standard InChI is InChI=1S/C15H18N4O7S/c1-4-9-26-14-16-19(15(22)18(14)2)13(21)17-27(23,24)11-8-6-5-7-10(11)12(20)25-3/h5-8H,4,9H2,1-3H3,(H,17,21)/i/hD. The summed E-state index contributed by atoms with van der Waals surface area (Å²) in [5.41, 5.74) is -1.36. The van der Waals surface area contributed by atoms with Gasteiger partial charge in [0.1, 0.15) is 4.90 Å². The summed E-state index contributed by atoms with van der Waals surface area (Å²) in [5, 5.41) is 3.63. The Hall–Kier alpha value is -3.15. The second-order valence-electron chi connectivity index (χ2n) is 5.22. The summed E-state index contributed by atoms with van der Waals surface area (Å²) in [5.74, 6) is -0.967. The Labute approximate surface area is 156 Å². The summed E-state index contributed by atoms with van der Waals surface area (Å²) in [6.45, 7) is 2.03. The summed E-state index contributed by atoms with van der Waals surface area (Å²) in [6, 6.07) is 3.13. The number of nitrogens with one attached hydrogen (secondary N) is 1. The van der Waals surface area contributed by atoms with Crippen LogP contribution in [0.25, 0.3) is 0 Å². The highest BCUT2D eigenvalue weighted by atomic mass is 32.2. The number of amides is 1. The lowest BCUT2D eigenvalue weighted by Gasteiger charge is -2.09. The number of methoxy groups -OCH3 is 1. The molecule has 12 heteroatoms. The average molecular weight is 399 g/mol. The molecule has 1 amide bonds. The molecule has 0 bridgehead atoms. The van der Waals surface area contributed by atoms with Crippen LogP contribution in [-0.4, -0.2) is 48.5 Å². The minimum atomic E-state index is -4.81. The molecule has 0 aliphatic rings. The fourth-order valence-electron chi connectivity index (χ4n) is 2.02. The molecule has 0 atom stereocenters. The Morgan fingerprint density at radius 1 is 1.33 bits per heavy atom. The predicted molar refractivity (Wildman–Crippen MR) is 92.2 cm³/mol. The number of carbonyl (C=O) groups is 2. The zero-order chi connectivity index (χ0) is 21.1. The molecule has 1 heterocycles. The molecule has 0 aliphatic carbocycles. The maximum Gasteiger partial charge on any atom is 0.360 e. The molecule has 2 rings (SSSR count). The molecule has 146 valence electrons. The first kappa shape index (κ1) is 18.6. The Bertz CT molecular complexity index is 1060. The first-order chi connectivity index (χ1) is 13.2. The van der Waals surface area contributed by atoms with Crippen LogP contribution in [0.5, 0.6) is 6.01 Å². The Kier molecular flexibility index (Phi) is 5.54. The lowest BCUT2D eigenvalue weighted by molar-refractivity contribution is 0.0596. The van der Waals surface area contributed by atoms with E-state index in [1.54, 1.807) is 0 Å². The predicted octanol–water partition coefficient (Wildman–Crippen LogP) is 0.104. The lowest BCUT2D eigenvalue weighted by atomic mass is 10.2.